The molecule has 0 amide bonds. The van der Waals surface area contributed by atoms with Gasteiger partial charge in [0.1, 0.15) is 5.52 Å². The van der Waals surface area contributed by atoms with Crippen LogP contribution in [0.15, 0.2) is 12.1 Å². The zero-order valence-electron chi connectivity index (χ0n) is 11.7. The third kappa shape index (κ3) is 3.07. The smallest absolute Gasteiger partial charge is 0.201 e. The Bertz CT molecular complexity index is 596. The summed E-state index contributed by atoms with van der Waals surface area (Å²) >= 11 is 0. The first-order valence-electron chi connectivity index (χ1n) is 6.68. The number of anilines is 1. The molecule has 0 atom stereocenters. The number of aryl methyl sites for hydroxylation is 1. The van der Waals surface area contributed by atoms with Gasteiger partial charge >= 0.3 is 0 Å². The van der Waals surface area contributed by atoms with Gasteiger partial charge < -0.3 is 15.0 Å². The minimum atomic E-state index is -0.908. The van der Waals surface area contributed by atoms with Gasteiger partial charge in [0.25, 0.3) is 0 Å². The summed E-state index contributed by atoms with van der Waals surface area (Å²) in [5.74, 6) is -1.14. The lowest BCUT2D eigenvalue weighted by atomic mass is 10.2. The Morgan fingerprint density at radius 2 is 2.10 bits per heavy atom. The normalized spacial score (nSPS) is 11.7. The number of ether oxygens (including phenoxy) is 1. The first-order chi connectivity index (χ1) is 9.50. The molecule has 0 aliphatic heterocycles. The number of aromatic nitrogens is 2. The molecule has 0 aliphatic carbocycles. The number of rotatable bonds is 6. The van der Waals surface area contributed by atoms with Crippen molar-refractivity contribution in [3.8, 4) is 0 Å². The van der Waals surface area contributed by atoms with E-state index in [1.54, 1.807) is 0 Å². The molecule has 20 heavy (non-hydrogen) atoms. The van der Waals surface area contributed by atoms with Gasteiger partial charge in [0.05, 0.1) is 5.52 Å². The number of halogens is 2. The fraction of sp³-hybridized carbons (Fsp3) is 0.500. The molecule has 0 saturated carbocycles. The van der Waals surface area contributed by atoms with Crippen LogP contribution in [0, 0.1) is 17.6 Å². The van der Waals surface area contributed by atoms with Crippen LogP contribution < -0.4 is 5.73 Å². The summed E-state index contributed by atoms with van der Waals surface area (Å²) in [4.78, 5) is 4.04. The molecule has 0 spiro atoms. The molecule has 0 aliphatic rings. The van der Waals surface area contributed by atoms with E-state index in [-0.39, 0.29) is 11.5 Å². The van der Waals surface area contributed by atoms with Gasteiger partial charge in [-0.15, -0.1) is 0 Å². The molecule has 1 aromatic heterocycles. The average molecular weight is 283 g/mol. The van der Waals surface area contributed by atoms with Crippen LogP contribution in [-0.2, 0) is 11.3 Å². The molecule has 0 radical (unpaired) electrons. The minimum absolute atomic E-state index is 0.117. The number of nitrogen functional groups attached to an aromatic ring is 1. The third-order valence-corrected chi connectivity index (χ3v) is 2.95. The van der Waals surface area contributed by atoms with E-state index < -0.39 is 11.6 Å². The maximum Gasteiger partial charge on any atom is 0.201 e. The van der Waals surface area contributed by atoms with Gasteiger partial charge in [-0.2, -0.15) is 0 Å². The summed E-state index contributed by atoms with van der Waals surface area (Å²) in [6, 6.07) is 2.48. The zero-order chi connectivity index (χ0) is 14.7. The Hall–Kier alpha value is -1.69. The highest BCUT2D eigenvalue weighted by molar-refractivity contribution is 5.79. The highest BCUT2D eigenvalue weighted by Crippen LogP contribution is 2.23. The van der Waals surface area contributed by atoms with Crippen LogP contribution in [0.2, 0.25) is 0 Å². The molecule has 1 aromatic carbocycles. The zero-order valence-corrected chi connectivity index (χ0v) is 11.7. The number of fused-ring (bicyclic) bond motifs is 1. The molecule has 1 heterocycles. The second kappa shape index (κ2) is 6.17. The van der Waals surface area contributed by atoms with Gasteiger partial charge in [-0.3, -0.25) is 0 Å². The standard InChI is InChI=1S/C14H19F2N3O/c1-9(2)8-20-7-3-6-19-13-11(18-14(19)17)5-4-10(15)12(13)16/h4-5,9H,3,6-8H2,1-2H3,(H2,17,18). The van der Waals surface area contributed by atoms with E-state index in [2.05, 4.69) is 18.8 Å². The average Bonchev–Trinajstić information content (AvgIpc) is 2.70. The Kier molecular flexibility index (Phi) is 4.54. The molecule has 2 rings (SSSR count). The number of nitrogens with two attached hydrogens (primary N) is 1. The lowest BCUT2D eigenvalue weighted by Crippen LogP contribution is -2.09. The van der Waals surface area contributed by atoms with Crippen LogP contribution in [0.1, 0.15) is 20.3 Å². The van der Waals surface area contributed by atoms with E-state index in [1.165, 1.54) is 10.6 Å². The van der Waals surface area contributed by atoms with Crippen molar-refractivity contribution in [1.82, 2.24) is 9.55 Å². The van der Waals surface area contributed by atoms with E-state index in [1.807, 2.05) is 0 Å². The van der Waals surface area contributed by atoms with E-state index in [0.29, 0.717) is 37.6 Å². The molecule has 4 nitrogen and oxygen atoms in total. The molecule has 2 N–H and O–H groups in total. The Morgan fingerprint density at radius 1 is 1.35 bits per heavy atom. The van der Waals surface area contributed by atoms with E-state index in [0.717, 1.165) is 6.07 Å². The molecule has 0 unspecified atom stereocenters. The molecule has 0 saturated heterocycles. The first kappa shape index (κ1) is 14.7. The van der Waals surface area contributed by atoms with Gasteiger partial charge in [-0.1, -0.05) is 13.8 Å². The minimum Gasteiger partial charge on any atom is -0.381 e. The van der Waals surface area contributed by atoms with Crippen molar-refractivity contribution in [3.05, 3.63) is 23.8 Å². The van der Waals surface area contributed by atoms with Crippen molar-refractivity contribution in [2.24, 2.45) is 5.92 Å². The van der Waals surface area contributed by atoms with Crippen molar-refractivity contribution in [3.63, 3.8) is 0 Å². The van der Waals surface area contributed by atoms with E-state index in [4.69, 9.17) is 10.5 Å². The van der Waals surface area contributed by atoms with Crippen LogP contribution >= 0.6 is 0 Å². The quantitative estimate of drug-likeness (QED) is 0.829. The molecule has 110 valence electrons. The molecular weight excluding hydrogens is 264 g/mol. The Morgan fingerprint density at radius 3 is 2.80 bits per heavy atom. The van der Waals surface area contributed by atoms with Gasteiger partial charge in [0, 0.05) is 19.8 Å². The summed E-state index contributed by atoms with van der Waals surface area (Å²) in [6.07, 6.45) is 0.665. The summed E-state index contributed by atoms with van der Waals surface area (Å²) < 4.78 is 34.1. The van der Waals surface area contributed by atoms with Crippen LogP contribution in [0.25, 0.3) is 11.0 Å². The van der Waals surface area contributed by atoms with E-state index in [9.17, 15) is 8.78 Å². The molecular formula is C14H19F2N3O. The maximum absolute atomic E-state index is 13.8. The largest absolute Gasteiger partial charge is 0.381 e. The molecule has 2 aromatic rings. The van der Waals surface area contributed by atoms with Gasteiger partial charge in [-0.05, 0) is 24.5 Å². The number of imidazole rings is 1. The van der Waals surface area contributed by atoms with Crippen LogP contribution in [-0.4, -0.2) is 22.8 Å². The summed E-state index contributed by atoms with van der Waals surface area (Å²) in [5, 5.41) is 0. The highest BCUT2D eigenvalue weighted by atomic mass is 19.2. The Balaban J connectivity index is 2.09. The predicted molar refractivity (Wildman–Crippen MR) is 74.3 cm³/mol. The third-order valence-electron chi connectivity index (χ3n) is 2.95. The summed E-state index contributed by atoms with van der Waals surface area (Å²) in [7, 11) is 0. The lowest BCUT2D eigenvalue weighted by molar-refractivity contribution is 0.105. The van der Waals surface area contributed by atoms with Gasteiger partial charge in [-0.25, -0.2) is 13.8 Å². The lowest BCUT2D eigenvalue weighted by Gasteiger charge is -2.09. The summed E-state index contributed by atoms with van der Waals surface area (Å²) in [5.41, 5.74) is 6.24. The van der Waals surface area contributed by atoms with Crippen molar-refractivity contribution in [2.75, 3.05) is 18.9 Å². The van der Waals surface area contributed by atoms with Crippen molar-refractivity contribution < 1.29 is 13.5 Å². The first-order valence-corrected chi connectivity index (χ1v) is 6.68. The monoisotopic (exact) mass is 283 g/mol. The SMILES string of the molecule is CC(C)COCCCn1c(N)nc2ccc(F)c(F)c21. The van der Waals surface area contributed by atoms with Gasteiger partial charge in [0.2, 0.25) is 5.95 Å². The highest BCUT2D eigenvalue weighted by Gasteiger charge is 2.15. The predicted octanol–water partition coefficient (Wildman–Crippen LogP) is 2.96. The fourth-order valence-corrected chi connectivity index (χ4v) is 2.05. The fourth-order valence-electron chi connectivity index (χ4n) is 2.05. The summed E-state index contributed by atoms with van der Waals surface area (Å²) in [6.45, 7) is 5.82. The number of benzene rings is 1. The van der Waals surface area contributed by atoms with Crippen molar-refractivity contribution >= 4 is 17.0 Å². The molecule has 0 bridgehead atoms. The second-order valence-corrected chi connectivity index (χ2v) is 5.17. The van der Waals surface area contributed by atoms with Gasteiger partial charge in [0.15, 0.2) is 11.6 Å². The maximum atomic E-state index is 13.8. The van der Waals surface area contributed by atoms with Crippen LogP contribution in [0.4, 0.5) is 14.7 Å². The second-order valence-electron chi connectivity index (χ2n) is 5.17. The number of hydrogen-bond donors (Lipinski definition) is 1. The van der Waals surface area contributed by atoms with Crippen LogP contribution in [0.3, 0.4) is 0 Å². The van der Waals surface area contributed by atoms with E-state index >= 15 is 0 Å². The van der Waals surface area contributed by atoms with Crippen LogP contribution in [0.5, 0.6) is 0 Å². The molecule has 0 fully saturated rings. The number of hydrogen-bond acceptors (Lipinski definition) is 3. The Labute approximate surface area is 116 Å². The topological polar surface area (TPSA) is 53.1 Å². The molecule has 6 heteroatoms. The number of nitrogens with zero attached hydrogens (tertiary/aromatic N) is 2. The van der Waals surface area contributed by atoms with Crippen molar-refractivity contribution in [2.45, 2.75) is 26.8 Å². The van der Waals surface area contributed by atoms with Crippen molar-refractivity contribution in [1.29, 1.82) is 0 Å².